The van der Waals surface area contributed by atoms with Crippen molar-refractivity contribution in [2.45, 2.75) is 80.1 Å². The molecular weight excluding hydrogens is 328 g/mol. The predicted molar refractivity (Wildman–Crippen MR) is 105 cm³/mol. The lowest BCUT2D eigenvalue weighted by Gasteiger charge is -2.34. The highest BCUT2D eigenvalue weighted by Crippen LogP contribution is 2.38. The fourth-order valence-corrected chi connectivity index (χ4v) is 4.97. The number of rotatable bonds is 4. The van der Waals surface area contributed by atoms with Crippen LogP contribution in [0.1, 0.15) is 80.1 Å². The maximum atomic E-state index is 11.0. The van der Waals surface area contributed by atoms with E-state index in [0.29, 0.717) is 35.5 Å². The van der Waals surface area contributed by atoms with Gasteiger partial charge < -0.3 is 10.2 Å². The van der Waals surface area contributed by atoms with E-state index < -0.39 is 11.9 Å². The van der Waals surface area contributed by atoms with Crippen molar-refractivity contribution in [1.82, 2.24) is 0 Å². The first-order valence-corrected chi connectivity index (χ1v) is 10.5. The molecule has 2 aliphatic carbocycles. The Kier molecular flexibility index (Phi) is 9.12. The molecular formula is C22H40O4. The summed E-state index contributed by atoms with van der Waals surface area (Å²) in [5, 5.41) is 18.2. The summed E-state index contributed by atoms with van der Waals surface area (Å²) >= 11 is 0. The molecule has 2 N–H and O–H groups in total. The highest BCUT2D eigenvalue weighted by Gasteiger charge is 2.36. The van der Waals surface area contributed by atoms with Crippen molar-refractivity contribution in [2.24, 2.45) is 47.3 Å². The van der Waals surface area contributed by atoms with Crippen LogP contribution in [0.3, 0.4) is 0 Å². The smallest absolute Gasteiger partial charge is 0.306 e. The highest BCUT2D eigenvalue weighted by molar-refractivity contribution is 5.71. The van der Waals surface area contributed by atoms with Crippen LogP contribution in [0.25, 0.3) is 0 Å². The van der Waals surface area contributed by atoms with Gasteiger partial charge in [0.1, 0.15) is 0 Å². The van der Waals surface area contributed by atoms with Gasteiger partial charge in [-0.3, -0.25) is 9.59 Å². The molecule has 2 rings (SSSR count). The first kappa shape index (κ1) is 23.0. The van der Waals surface area contributed by atoms with Gasteiger partial charge in [-0.25, -0.2) is 0 Å². The SMILES string of the molecule is CC(C)[C@@H]1CC[C@@H](C)C[C@H]1C(=O)O.CC(C)[C@@H]1CC[C@@H](C)C[C@H]1C(=O)O. The molecule has 0 aromatic carbocycles. The summed E-state index contributed by atoms with van der Waals surface area (Å²) in [5.41, 5.74) is 0. The van der Waals surface area contributed by atoms with Crippen LogP contribution in [0, 0.1) is 47.3 Å². The first-order chi connectivity index (χ1) is 12.0. The molecule has 6 atom stereocenters. The Morgan fingerprint density at radius 2 is 1.00 bits per heavy atom. The summed E-state index contributed by atoms with van der Waals surface area (Å²) in [4.78, 5) is 22.0. The Labute approximate surface area is 159 Å². The lowest BCUT2D eigenvalue weighted by atomic mass is 9.70. The lowest BCUT2D eigenvalue weighted by molar-refractivity contribution is -0.147. The number of carboxylic acids is 2. The molecule has 4 heteroatoms. The van der Waals surface area contributed by atoms with E-state index in [0.717, 1.165) is 25.7 Å². The van der Waals surface area contributed by atoms with Gasteiger partial charge in [-0.1, -0.05) is 54.4 Å². The van der Waals surface area contributed by atoms with E-state index in [2.05, 4.69) is 41.5 Å². The molecule has 0 saturated heterocycles. The first-order valence-electron chi connectivity index (χ1n) is 10.5. The van der Waals surface area contributed by atoms with E-state index in [1.54, 1.807) is 0 Å². The molecule has 0 radical (unpaired) electrons. The molecule has 0 aliphatic heterocycles. The molecule has 2 aliphatic rings. The molecule has 0 bridgehead atoms. The van der Waals surface area contributed by atoms with Crippen LogP contribution in [-0.2, 0) is 9.59 Å². The normalized spacial score (nSPS) is 34.9. The number of carbonyl (C=O) groups is 2. The van der Waals surface area contributed by atoms with Crippen molar-refractivity contribution in [2.75, 3.05) is 0 Å². The van der Waals surface area contributed by atoms with E-state index in [-0.39, 0.29) is 11.8 Å². The van der Waals surface area contributed by atoms with Crippen molar-refractivity contribution in [3.05, 3.63) is 0 Å². The van der Waals surface area contributed by atoms with E-state index in [1.807, 2.05) is 0 Å². The van der Waals surface area contributed by atoms with Crippen molar-refractivity contribution >= 4 is 11.9 Å². The topological polar surface area (TPSA) is 74.6 Å². The minimum absolute atomic E-state index is 0.0938. The summed E-state index contributed by atoms with van der Waals surface area (Å²) in [6, 6.07) is 0. The Hall–Kier alpha value is -1.06. The Balaban J connectivity index is 0.000000260. The number of hydrogen-bond acceptors (Lipinski definition) is 2. The fraction of sp³-hybridized carbons (Fsp3) is 0.909. The van der Waals surface area contributed by atoms with E-state index >= 15 is 0 Å². The summed E-state index contributed by atoms with van der Waals surface area (Å²) in [7, 11) is 0. The van der Waals surface area contributed by atoms with Crippen LogP contribution in [0.15, 0.2) is 0 Å². The molecule has 152 valence electrons. The van der Waals surface area contributed by atoms with Crippen molar-refractivity contribution in [3.8, 4) is 0 Å². The fourth-order valence-electron chi connectivity index (χ4n) is 4.97. The van der Waals surface area contributed by atoms with Crippen molar-refractivity contribution in [3.63, 3.8) is 0 Å². The zero-order valence-corrected chi connectivity index (χ0v) is 17.6. The molecule has 0 amide bonds. The molecule has 2 saturated carbocycles. The summed E-state index contributed by atoms with van der Waals surface area (Å²) in [6.45, 7) is 12.9. The predicted octanol–water partition coefficient (Wildman–Crippen LogP) is 5.56. The number of hydrogen-bond donors (Lipinski definition) is 2. The van der Waals surface area contributed by atoms with Gasteiger partial charge in [0, 0.05) is 0 Å². The van der Waals surface area contributed by atoms with Crippen LogP contribution in [0.5, 0.6) is 0 Å². The Bertz CT molecular complexity index is 415. The van der Waals surface area contributed by atoms with Gasteiger partial charge in [-0.05, 0) is 61.2 Å². The standard InChI is InChI=1S/2C11H20O2/c2*1-7(2)9-5-4-8(3)6-10(9)11(12)13/h2*7-10H,4-6H2,1-3H3,(H,12,13)/t2*8-,9+,10-/m11/s1. The molecule has 4 nitrogen and oxygen atoms in total. The number of aliphatic carboxylic acids is 2. The van der Waals surface area contributed by atoms with Crippen LogP contribution in [0.2, 0.25) is 0 Å². The molecule has 2 fully saturated rings. The van der Waals surface area contributed by atoms with Crippen LogP contribution in [-0.4, -0.2) is 22.2 Å². The third kappa shape index (κ3) is 6.59. The third-order valence-electron chi connectivity index (χ3n) is 6.68. The van der Waals surface area contributed by atoms with Gasteiger partial charge in [-0.2, -0.15) is 0 Å². The Morgan fingerprint density at radius 1 is 0.692 bits per heavy atom. The zero-order valence-electron chi connectivity index (χ0n) is 17.6. The van der Waals surface area contributed by atoms with Gasteiger partial charge in [0.15, 0.2) is 0 Å². The van der Waals surface area contributed by atoms with Gasteiger partial charge in [-0.15, -0.1) is 0 Å². The second kappa shape index (κ2) is 10.3. The van der Waals surface area contributed by atoms with Crippen molar-refractivity contribution in [1.29, 1.82) is 0 Å². The largest absolute Gasteiger partial charge is 0.481 e. The molecule has 0 spiro atoms. The van der Waals surface area contributed by atoms with Gasteiger partial charge in [0.25, 0.3) is 0 Å². The van der Waals surface area contributed by atoms with E-state index in [4.69, 9.17) is 10.2 Å². The number of carboxylic acid groups (broad SMARTS) is 2. The highest BCUT2D eigenvalue weighted by atomic mass is 16.4. The van der Waals surface area contributed by atoms with E-state index in [9.17, 15) is 9.59 Å². The minimum Gasteiger partial charge on any atom is -0.481 e. The second-order valence-corrected chi connectivity index (χ2v) is 9.54. The Morgan fingerprint density at radius 3 is 1.23 bits per heavy atom. The average molecular weight is 369 g/mol. The monoisotopic (exact) mass is 368 g/mol. The third-order valence-corrected chi connectivity index (χ3v) is 6.68. The van der Waals surface area contributed by atoms with Gasteiger partial charge in [0.2, 0.25) is 0 Å². The zero-order chi connectivity index (χ0) is 20.0. The second-order valence-electron chi connectivity index (χ2n) is 9.54. The maximum Gasteiger partial charge on any atom is 0.306 e. The van der Waals surface area contributed by atoms with Gasteiger partial charge in [0.05, 0.1) is 11.8 Å². The maximum absolute atomic E-state index is 11.0. The molecule has 0 heterocycles. The summed E-state index contributed by atoms with van der Waals surface area (Å²) in [6.07, 6.45) is 6.33. The van der Waals surface area contributed by atoms with Crippen LogP contribution in [0.4, 0.5) is 0 Å². The molecule has 0 aromatic heterocycles. The van der Waals surface area contributed by atoms with Gasteiger partial charge >= 0.3 is 11.9 Å². The van der Waals surface area contributed by atoms with E-state index in [1.165, 1.54) is 12.8 Å². The summed E-state index contributed by atoms with van der Waals surface area (Å²) in [5.74, 6) is 1.62. The molecule has 0 aromatic rings. The van der Waals surface area contributed by atoms with Crippen LogP contribution >= 0.6 is 0 Å². The van der Waals surface area contributed by atoms with Crippen molar-refractivity contribution < 1.29 is 19.8 Å². The minimum atomic E-state index is -0.592. The quantitative estimate of drug-likeness (QED) is 0.681. The molecule has 26 heavy (non-hydrogen) atoms. The molecule has 0 unspecified atom stereocenters. The average Bonchev–Trinajstić information content (AvgIpc) is 2.54. The lowest BCUT2D eigenvalue weighted by Crippen LogP contribution is -2.33. The van der Waals surface area contributed by atoms with Crippen LogP contribution < -0.4 is 0 Å². The summed E-state index contributed by atoms with van der Waals surface area (Å²) < 4.78 is 0.